The maximum Gasteiger partial charge on any atom is 0.317 e. The Bertz CT molecular complexity index is 970. The third-order valence-electron chi connectivity index (χ3n) is 5.57. The predicted octanol–water partition coefficient (Wildman–Crippen LogP) is 3.56. The lowest BCUT2D eigenvalue weighted by Crippen LogP contribution is -2.47. The molecule has 4 rings (SSSR count). The molecule has 0 bridgehead atoms. The highest BCUT2D eigenvalue weighted by Gasteiger charge is 2.26. The summed E-state index contributed by atoms with van der Waals surface area (Å²) in [7, 11) is 1.89. The van der Waals surface area contributed by atoms with Crippen LogP contribution in [0, 0.1) is 5.82 Å². The molecule has 0 aliphatic carbocycles. The Morgan fingerprint density at radius 1 is 1.39 bits per heavy atom. The first-order valence-electron chi connectivity index (χ1n) is 9.79. The SMILES string of the molecule is CC(Cc1cnn(C)c1)NC(=O)N1CCC(c2c[nH]c3ccc(F)cc23)CC1. The smallest absolute Gasteiger partial charge is 0.317 e. The second-order valence-electron chi connectivity index (χ2n) is 7.77. The van der Waals surface area contributed by atoms with Gasteiger partial charge in [-0.15, -0.1) is 0 Å². The number of nitrogens with one attached hydrogen (secondary N) is 2. The quantitative estimate of drug-likeness (QED) is 0.723. The summed E-state index contributed by atoms with van der Waals surface area (Å²) in [6.45, 7) is 3.42. The van der Waals surface area contributed by atoms with Crippen LogP contribution in [-0.2, 0) is 13.5 Å². The number of fused-ring (bicyclic) bond motifs is 1. The zero-order valence-corrected chi connectivity index (χ0v) is 16.3. The molecule has 1 saturated heterocycles. The van der Waals surface area contributed by atoms with Gasteiger partial charge in [-0.3, -0.25) is 4.68 Å². The van der Waals surface area contributed by atoms with Crippen LogP contribution in [0.15, 0.2) is 36.8 Å². The van der Waals surface area contributed by atoms with Gasteiger partial charge in [0.15, 0.2) is 0 Å². The van der Waals surface area contributed by atoms with Crippen LogP contribution in [0.3, 0.4) is 0 Å². The van der Waals surface area contributed by atoms with Crippen LogP contribution in [0.2, 0.25) is 0 Å². The number of urea groups is 1. The summed E-state index contributed by atoms with van der Waals surface area (Å²) in [5, 5.41) is 8.21. The van der Waals surface area contributed by atoms with E-state index in [0.29, 0.717) is 19.0 Å². The van der Waals surface area contributed by atoms with Gasteiger partial charge < -0.3 is 15.2 Å². The molecule has 3 heterocycles. The molecule has 3 aromatic rings. The van der Waals surface area contributed by atoms with Gasteiger partial charge >= 0.3 is 6.03 Å². The van der Waals surface area contributed by atoms with E-state index in [0.717, 1.165) is 41.3 Å². The number of nitrogens with zero attached hydrogens (tertiary/aromatic N) is 3. The van der Waals surface area contributed by atoms with Crippen molar-refractivity contribution in [2.75, 3.05) is 13.1 Å². The lowest BCUT2D eigenvalue weighted by atomic mass is 9.89. The Labute approximate surface area is 163 Å². The van der Waals surface area contributed by atoms with Crippen molar-refractivity contribution in [3.05, 3.63) is 53.7 Å². The van der Waals surface area contributed by atoms with Crippen molar-refractivity contribution in [1.82, 2.24) is 25.0 Å². The van der Waals surface area contributed by atoms with Crippen molar-refractivity contribution in [3.8, 4) is 0 Å². The minimum Gasteiger partial charge on any atom is -0.361 e. The molecule has 1 atom stereocenters. The Kier molecular flexibility index (Phi) is 5.07. The van der Waals surface area contributed by atoms with Crippen molar-refractivity contribution < 1.29 is 9.18 Å². The summed E-state index contributed by atoms with van der Waals surface area (Å²) in [5.41, 5.74) is 3.22. The average molecular weight is 383 g/mol. The molecular formula is C21H26FN5O. The summed E-state index contributed by atoms with van der Waals surface area (Å²) < 4.78 is 15.4. The Hall–Kier alpha value is -2.83. The van der Waals surface area contributed by atoms with Crippen molar-refractivity contribution in [1.29, 1.82) is 0 Å². The first kappa shape index (κ1) is 18.5. The number of aromatic amines is 1. The number of hydrogen-bond donors (Lipinski definition) is 2. The van der Waals surface area contributed by atoms with Crippen molar-refractivity contribution in [2.45, 2.75) is 38.1 Å². The molecule has 148 valence electrons. The number of H-pyrrole nitrogens is 1. The number of amides is 2. The highest BCUT2D eigenvalue weighted by Crippen LogP contribution is 2.33. The molecule has 2 N–H and O–H groups in total. The van der Waals surface area contributed by atoms with Gasteiger partial charge in [-0.05, 0) is 61.4 Å². The van der Waals surface area contributed by atoms with Gasteiger partial charge in [0.1, 0.15) is 5.82 Å². The molecule has 7 heteroatoms. The van der Waals surface area contributed by atoms with E-state index in [1.54, 1.807) is 16.8 Å². The van der Waals surface area contributed by atoms with E-state index in [1.165, 1.54) is 6.07 Å². The molecule has 0 spiro atoms. The van der Waals surface area contributed by atoms with Crippen LogP contribution < -0.4 is 5.32 Å². The van der Waals surface area contributed by atoms with E-state index < -0.39 is 0 Å². The van der Waals surface area contributed by atoms with Crippen LogP contribution in [-0.4, -0.2) is 44.8 Å². The number of hydrogen-bond acceptors (Lipinski definition) is 2. The first-order valence-corrected chi connectivity index (χ1v) is 9.79. The standard InChI is InChI=1S/C21H26FN5O/c1-14(9-15-11-24-26(2)13-15)25-21(28)27-7-5-16(6-8-27)19-12-23-20-4-3-17(22)10-18(19)20/h3-4,10-14,16,23H,5-9H2,1-2H3,(H,25,28). The molecule has 1 aliphatic heterocycles. The van der Waals surface area contributed by atoms with Crippen molar-refractivity contribution in [3.63, 3.8) is 0 Å². The van der Waals surface area contributed by atoms with Gasteiger partial charge in [0.25, 0.3) is 0 Å². The number of carbonyl (C=O) groups excluding carboxylic acids is 1. The normalized spacial score (nSPS) is 16.5. The molecular weight excluding hydrogens is 357 g/mol. The fraction of sp³-hybridized carbons (Fsp3) is 0.429. The number of rotatable bonds is 4. The molecule has 0 saturated carbocycles. The van der Waals surface area contributed by atoms with Gasteiger partial charge in [-0.2, -0.15) is 5.10 Å². The summed E-state index contributed by atoms with van der Waals surface area (Å²) >= 11 is 0. The maximum atomic E-state index is 13.6. The fourth-order valence-electron chi connectivity index (χ4n) is 4.13. The third-order valence-corrected chi connectivity index (χ3v) is 5.57. The fourth-order valence-corrected chi connectivity index (χ4v) is 4.13. The maximum absolute atomic E-state index is 13.6. The van der Waals surface area contributed by atoms with Crippen molar-refractivity contribution >= 4 is 16.9 Å². The number of likely N-dealkylation sites (tertiary alicyclic amines) is 1. The zero-order chi connectivity index (χ0) is 19.7. The molecule has 0 radical (unpaired) electrons. The predicted molar refractivity (Wildman–Crippen MR) is 107 cm³/mol. The van der Waals surface area contributed by atoms with Crippen LogP contribution in [0.5, 0.6) is 0 Å². The van der Waals surface area contributed by atoms with Gasteiger partial charge in [-0.1, -0.05) is 0 Å². The molecule has 1 unspecified atom stereocenters. The minimum atomic E-state index is -0.215. The van der Waals surface area contributed by atoms with E-state index in [-0.39, 0.29) is 17.9 Å². The first-order chi connectivity index (χ1) is 13.5. The second-order valence-corrected chi connectivity index (χ2v) is 7.77. The van der Waals surface area contributed by atoms with Gasteiger partial charge in [0, 0.05) is 49.5 Å². The van der Waals surface area contributed by atoms with E-state index in [9.17, 15) is 9.18 Å². The number of benzene rings is 1. The Morgan fingerprint density at radius 3 is 2.89 bits per heavy atom. The molecule has 1 aromatic carbocycles. The van der Waals surface area contributed by atoms with Gasteiger partial charge in [-0.25, -0.2) is 9.18 Å². The Balaban J connectivity index is 1.33. The zero-order valence-electron chi connectivity index (χ0n) is 16.3. The summed E-state index contributed by atoms with van der Waals surface area (Å²) in [4.78, 5) is 17.7. The van der Waals surface area contributed by atoms with Crippen LogP contribution in [0.25, 0.3) is 10.9 Å². The third kappa shape index (κ3) is 3.88. The number of carbonyl (C=O) groups is 1. The highest BCUT2D eigenvalue weighted by molar-refractivity contribution is 5.84. The lowest BCUT2D eigenvalue weighted by Gasteiger charge is -2.33. The molecule has 1 fully saturated rings. The number of aromatic nitrogens is 3. The molecule has 2 aromatic heterocycles. The van der Waals surface area contributed by atoms with E-state index in [2.05, 4.69) is 15.4 Å². The lowest BCUT2D eigenvalue weighted by molar-refractivity contribution is 0.178. The average Bonchev–Trinajstić information content (AvgIpc) is 3.27. The van der Waals surface area contributed by atoms with Crippen LogP contribution in [0.4, 0.5) is 9.18 Å². The highest BCUT2D eigenvalue weighted by atomic mass is 19.1. The monoisotopic (exact) mass is 383 g/mol. The summed E-state index contributed by atoms with van der Waals surface area (Å²) in [6.07, 6.45) is 8.32. The number of piperidine rings is 1. The summed E-state index contributed by atoms with van der Waals surface area (Å²) in [5.74, 6) is 0.125. The van der Waals surface area contributed by atoms with E-state index >= 15 is 0 Å². The van der Waals surface area contributed by atoms with Gasteiger partial charge in [0.05, 0.1) is 6.20 Å². The molecule has 28 heavy (non-hydrogen) atoms. The van der Waals surface area contributed by atoms with E-state index in [4.69, 9.17) is 0 Å². The topological polar surface area (TPSA) is 66.0 Å². The van der Waals surface area contributed by atoms with Gasteiger partial charge in [0.2, 0.25) is 0 Å². The second kappa shape index (κ2) is 7.66. The number of halogens is 1. The Morgan fingerprint density at radius 2 is 2.18 bits per heavy atom. The number of aryl methyl sites for hydroxylation is 1. The van der Waals surface area contributed by atoms with Crippen LogP contribution >= 0.6 is 0 Å². The molecule has 2 amide bonds. The summed E-state index contributed by atoms with van der Waals surface area (Å²) in [6, 6.07) is 4.88. The van der Waals surface area contributed by atoms with Crippen LogP contribution in [0.1, 0.15) is 36.8 Å². The van der Waals surface area contributed by atoms with Crippen molar-refractivity contribution in [2.24, 2.45) is 7.05 Å². The molecule has 1 aliphatic rings. The molecule has 6 nitrogen and oxygen atoms in total. The largest absolute Gasteiger partial charge is 0.361 e. The minimum absolute atomic E-state index is 0.0141. The van der Waals surface area contributed by atoms with E-state index in [1.807, 2.05) is 37.5 Å².